The average Bonchev–Trinajstić information content (AvgIpc) is 3.84. The van der Waals surface area contributed by atoms with Crippen molar-refractivity contribution in [3.63, 3.8) is 0 Å². The summed E-state index contributed by atoms with van der Waals surface area (Å²) < 4.78 is 58.6. The first-order valence-corrected chi connectivity index (χ1v) is 21.4. The van der Waals surface area contributed by atoms with Gasteiger partial charge in [0.1, 0.15) is 11.6 Å². The molecular formula is C47H50F4N6O5. The molecule has 0 radical (unpaired) electrons. The molecule has 5 aliphatic rings. The highest BCUT2D eigenvalue weighted by molar-refractivity contribution is 6.23. The lowest BCUT2D eigenvalue weighted by Gasteiger charge is -2.54. The number of aromatic nitrogens is 1. The van der Waals surface area contributed by atoms with Gasteiger partial charge in [0.25, 0.3) is 11.8 Å². The molecular weight excluding hydrogens is 805 g/mol. The van der Waals surface area contributed by atoms with Gasteiger partial charge in [-0.05, 0) is 106 Å². The molecule has 62 heavy (non-hydrogen) atoms. The van der Waals surface area contributed by atoms with Crippen LogP contribution in [-0.4, -0.2) is 111 Å². The maximum Gasteiger partial charge on any atom is 0.401 e. The van der Waals surface area contributed by atoms with Crippen molar-refractivity contribution in [1.82, 2.24) is 24.6 Å². The Bertz CT molecular complexity index is 2470. The predicted molar refractivity (Wildman–Crippen MR) is 223 cm³/mol. The molecule has 9 rings (SSSR count). The molecule has 1 N–H and O–H groups in total. The maximum absolute atomic E-state index is 16.5. The van der Waals surface area contributed by atoms with Crippen LogP contribution in [0.25, 0.3) is 10.9 Å². The Hall–Kier alpha value is -5.41. The van der Waals surface area contributed by atoms with Crippen molar-refractivity contribution in [2.75, 3.05) is 44.2 Å². The second kappa shape index (κ2) is 15.4. The number of aryl methyl sites for hydroxylation is 1. The van der Waals surface area contributed by atoms with Gasteiger partial charge in [0, 0.05) is 85.0 Å². The minimum absolute atomic E-state index is 0.00509. The number of benzene rings is 3. The SMILES string of the molecule is CC(=O)CCC(C(C)=O)N1C(=O)c2cc3c(cc2C1=O)CN(CC(=O)N1CC2(CCN(c4cc(C)c(C5c6[nH]c7ccccc7c6C[C@@H](C)N5CC(F)(F)F)c(F)c4)CC2)C1)C3. The van der Waals surface area contributed by atoms with Crippen LogP contribution in [0, 0.1) is 18.2 Å². The van der Waals surface area contributed by atoms with E-state index in [1.165, 1.54) is 24.8 Å². The summed E-state index contributed by atoms with van der Waals surface area (Å²) in [5.41, 5.74) is 5.99. The van der Waals surface area contributed by atoms with E-state index in [0.29, 0.717) is 62.6 Å². The highest BCUT2D eigenvalue weighted by Gasteiger charge is 2.48. The van der Waals surface area contributed by atoms with Gasteiger partial charge in [-0.3, -0.25) is 33.9 Å². The summed E-state index contributed by atoms with van der Waals surface area (Å²) in [5, 5.41) is 0.944. The second-order valence-electron chi connectivity index (χ2n) is 18.4. The number of nitrogens with one attached hydrogen (secondary N) is 1. The monoisotopic (exact) mass is 854 g/mol. The van der Waals surface area contributed by atoms with Crippen LogP contribution >= 0.6 is 0 Å². The number of nitrogens with zero attached hydrogens (tertiary/aromatic N) is 5. The first-order valence-electron chi connectivity index (χ1n) is 21.4. The van der Waals surface area contributed by atoms with Crippen LogP contribution in [0.1, 0.15) is 107 Å². The van der Waals surface area contributed by atoms with E-state index in [1.807, 2.05) is 40.1 Å². The van der Waals surface area contributed by atoms with Crippen molar-refractivity contribution in [1.29, 1.82) is 0 Å². The number of amides is 3. The number of likely N-dealkylation sites (tertiary alicyclic amines) is 1. The Morgan fingerprint density at radius 3 is 2.18 bits per heavy atom. The van der Waals surface area contributed by atoms with Gasteiger partial charge >= 0.3 is 6.18 Å². The lowest BCUT2D eigenvalue weighted by Crippen LogP contribution is -2.63. The van der Waals surface area contributed by atoms with Crippen molar-refractivity contribution in [2.45, 2.75) is 97.2 Å². The van der Waals surface area contributed by atoms with Gasteiger partial charge < -0.3 is 19.6 Å². The number of carbonyl (C=O) groups is 5. The van der Waals surface area contributed by atoms with E-state index >= 15 is 4.39 Å². The van der Waals surface area contributed by atoms with Crippen molar-refractivity contribution < 1.29 is 41.5 Å². The summed E-state index contributed by atoms with van der Waals surface area (Å²) in [7, 11) is 0. The van der Waals surface area contributed by atoms with Crippen molar-refractivity contribution in [3.8, 4) is 0 Å². The van der Waals surface area contributed by atoms with E-state index in [9.17, 15) is 37.1 Å². The summed E-state index contributed by atoms with van der Waals surface area (Å²) in [4.78, 5) is 76.0. The smallest absolute Gasteiger partial charge is 0.371 e. The Labute approximate surface area is 357 Å². The summed E-state index contributed by atoms with van der Waals surface area (Å²) >= 11 is 0. The number of hydrogen-bond acceptors (Lipinski definition) is 8. The lowest BCUT2D eigenvalue weighted by atomic mass is 9.72. The normalized spacial score (nSPS) is 21.6. The molecule has 1 aromatic heterocycles. The molecule has 0 aliphatic carbocycles. The Morgan fingerprint density at radius 2 is 1.58 bits per heavy atom. The van der Waals surface area contributed by atoms with Gasteiger partial charge in [0.15, 0.2) is 5.78 Å². The van der Waals surface area contributed by atoms with Crippen molar-refractivity contribution in [2.24, 2.45) is 5.41 Å². The quantitative estimate of drug-likeness (QED) is 0.136. The zero-order valence-corrected chi connectivity index (χ0v) is 35.3. The standard InChI is InChI=1S/C47H50F4N6O5/c1-26-15-32(19-37(48)41(26)43-42-34(33-7-5-6-8-38(33)52-42)16-27(2)56(43)25-47(49,50)51)54-13-11-46(12-14-54)23-55(24-46)40(60)22-53-20-30-17-35-36(18-31(30)21-53)45(62)57(44(35)61)39(29(4)59)10-9-28(3)58/h5-8,15,17-19,27,39,43,52H,9-14,16,20-25H2,1-4H3/t27-,39?,43?/m1/s1. The van der Waals surface area contributed by atoms with Gasteiger partial charge in [-0.15, -0.1) is 0 Å². The van der Waals surface area contributed by atoms with E-state index in [0.717, 1.165) is 45.3 Å². The first kappa shape index (κ1) is 41.9. The fraction of sp³-hybridized carbons (Fsp3) is 0.468. The number of anilines is 1. The molecule has 2 saturated heterocycles. The molecule has 11 nitrogen and oxygen atoms in total. The number of rotatable bonds is 10. The summed E-state index contributed by atoms with van der Waals surface area (Å²) in [5.74, 6) is -2.12. The van der Waals surface area contributed by atoms with Gasteiger partial charge in [0.05, 0.1) is 36.3 Å². The first-order chi connectivity index (χ1) is 29.4. The minimum atomic E-state index is -4.47. The number of hydrogen-bond donors (Lipinski definition) is 1. The van der Waals surface area contributed by atoms with E-state index in [4.69, 9.17) is 0 Å². The number of imide groups is 1. The van der Waals surface area contributed by atoms with Crippen LogP contribution in [0.5, 0.6) is 0 Å². The molecule has 2 unspecified atom stereocenters. The van der Waals surface area contributed by atoms with E-state index in [2.05, 4.69) is 9.88 Å². The molecule has 5 aliphatic heterocycles. The molecule has 0 bridgehead atoms. The summed E-state index contributed by atoms with van der Waals surface area (Å²) in [6.07, 6.45) is -2.28. The molecule has 2 fully saturated rings. The van der Waals surface area contributed by atoms with Gasteiger partial charge in [-0.1, -0.05) is 18.2 Å². The number of alkyl halides is 3. The largest absolute Gasteiger partial charge is 0.401 e. The third kappa shape index (κ3) is 7.40. The molecule has 4 aromatic rings. The Balaban J connectivity index is 0.824. The fourth-order valence-electron chi connectivity index (χ4n) is 10.8. The number of fused-ring (bicyclic) bond motifs is 5. The van der Waals surface area contributed by atoms with Crippen molar-refractivity contribution >= 4 is 45.9 Å². The van der Waals surface area contributed by atoms with Crippen LogP contribution < -0.4 is 4.90 Å². The zero-order valence-electron chi connectivity index (χ0n) is 35.3. The van der Waals surface area contributed by atoms with Gasteiger partial charge in [0.2, 0.25) is 5.91 Å². The fourth-order valence-corrected chi connectivity index (χ4v) is 10.8. The molecule has 3 aromatic carbocycles. The number of para-hydroxylation sites is 1. The molecule has 3 amide bonds. The Kier molecular flexibility index (Phi) is 10.4. The molecule has 6 heterocycles. The summed E-state index contributed by atoms with van der Waals surface area (Å²) in [6.45, 7) is 8.68. The third-order valence-corrected chi connectivity index (χ3v) is 14.0. The Morgan fingerprint density at radius 1 is 0.935 bits per heavy atom. The summed E-state index contributed by atoms with van der Waals surface area (Å²) in [6, 6.07) is 12.0. The highest BCUT2D eigenvalue weighted by atomic mass is 19.4. The number of ketones is 2. The number of halogens is 4. The van der Waals surface area contributed by atoms with E-state index in [1.54, 1.807) is 26.0 Å². The van der Waals surface area contributed by atoms with E-state index in [-0.39, 0.29) is 59.0 Å². The third-order valence-electron chi connectivity index (χ3n) is 14.0. The molecule has 15 heteroatoms. The molecule has 326 valence electrons. The van der Waals surface area contributed by atoms with Crippen molar-refractivity contribution in [3.05, 3.63) is 99.0 Å². The average molecular weight is 855 g/mol. The van der Waals surface area contributed by atoms with E-state index < -0.39 is 48.5 Å². The lowest BCUT2D eigenvalue weighted by molar-refractivity contribution is -0.155. The second-order valence-corrected chi connectivity index (χ2v) is 18.4. The minimum Gasteiger partial charge on any atom is -0.371 e. The van der Waals surface area contributed by atoms with Gasteiger partial charge in [-0.25, -0.2) is 4.39 Å². The molecule has 3 atom stereocenters. The number of aromatic amines is 1. The molecule has 1 spiro atoms. The van der Waals surface area contributed by atoms with Crippen LogP contribution in [-0.2, 0) is 33.9 Å². The van der Waals surface area contributed by atoms with Crippen LogP contribution in [0.2, 0.25) is 0 Å². The van der Waals surface area contributed by atoms with Gasteiger partial charge in [-0.2, -0.15) is 13.2 Å². The van der Waals surface area contributed by atoms with Crippen LogP contribution in [0.15, 0.2) is 48.5 Å². The highest BCUT2D eigenvalue weighted by Crippen LogP contribution is 2.46. The number of H-pyrrole nitrogens is 1. The zero-order chi connectivity index (χ0) is 44.0. The van der Waals surface area contributed by atoms with Crippen LogP contribution in [0.4, 0.5) is 23.2 Å². The number of Topliss-reactive ketones (excluding diaryl/α,β-unsaturated/α-hetero) is 2. The predicted octanol–water partition coefficient (Wildman–Crippen LogP) is 6.88. The number of carbonyl (C=O) groups excluding carboxylic acids is 5. The topological polar surface area (TPSA) is 117 Å². The number of piperidine rings is 1. The van der Waals surface area contributed by atoms with Crippen LogP contribution in [0.3, 0.4) is 0 Å². The maximum atomic E-state index is 16.5. The molecule has 0 saturated carbocycles.